The van der Waals surface area contributed by atoms with Gasteiger partial charge in [-0.3, -0.25) is 4.79 Å². The van der Waals surface area contributed by atoms with Crippen LogP contribution in [0.5, 0.6) is 0 Å². The van der Waals surface area contributed by atoms with Gasteiger partial charge in [-0.25, -0.2) is 0 Å². The van der Waals surface area contributed by atoms with Gasteiger partial charge in [0.25, 0.3) is 5.91 Å². The molecule has 4 rings (SSSR count). The van der Waals surface area contributed by atoms with E-state index in [1.54, 1.807) is 18.2 Å². The number of rotatable bonds is 3. The standard InChI is InChI=1S/C18H17ClN4OS/c19-14-8-7-12(20-18(24)15-5-4-10-25-15)11-13(14)17-22-21-16-6-2-1-3-9-23(16)17/h4-5,7-8,10-11H,1-3,6,9H2,(H,20,24). The summed E-state index contributed by atoms with van der Waals surface area (Å²) in [5, 5.41) is 14.1. The van der Waals surface area contributed by atoms with E-state index < -0.39 is 0 Å². The number of hydrogen-bond acceptors (Lipinski definition) is 4. The van der Waals surface area contributed by atoms with Gasteiger partial charge in [0.1, 0.15) is 5.82 Å². The minimum absolute atomic E-state index is 0.122. The number of halogens is 1. The molecule has 128 valence electrons. The van der Waals surface area contributed by atoms with E-state index in [-0.39, 0.29) is 5.91 Å². The van der Waals surface area contributed by atoms with Gasteiger partial charge in [0.2, 0.25) is 0 Å². The lowest BCUT2D eigenvalue weighted by molar-refractivity contribution is 0.103. The van der Waals surface area contributed by atoms with Crippen LogP contribution < -0.4 is 5.32 Å². The smallest absolute Gasteiger partial charge is 0.265 e. The molecule has 0 fully saturated rings. The molecular weight excluding hydrogens is 356 g/mol. The Kier molecular flexibility index (Phi) is 4.55. The Morgan fingerprint density at radius 3 is 2.96 bits per heavy atom. The van der Waals surface area contributed by atoms with Crippen molar-refractivity contribution in [3.05, 3.63) is 51.4 Å². The molecule has 1 aromatic carbocycles. The van der Waals surface area contributed by atoms with Crippen molar-refractivity contribution in [1.82, 2.24) is 14.8 Å². The molecule has 0 aliphatic carbocycles. The molecule has 0 saturated heterocycles. The molecule has 0 spiro atoms. The molecule has 0 bridgehead atoms. The van der Waals surface area contributed by atoms with E-state index in [0.717, 1.165) is 43.0 Å². The lowest BCUT2D eigenvalue weighted by Gasteiger charge is -2.11. The molecule has 0 unspecified atom stereocenters. The van der Waals surface area contributed by atoms with Crippen LogP contribution in [0.4, 0.5) is 5.69 Å². The lowest BCUT2D eigenvalue weighted by atomic mass is 10.1. The van der Waals surface area contributed by atoms with Crippen LogP contribution in [0.2, 0.25) is 5.02 Å². The molecule has 1 amide bonds. The zero-order chi connectivity index (χ0) is 17.2. The molecule has 25 heavy (non-hydrogen) atoms. The van der Waals surface area contributed by atoms with E-state index in [1.807, 2.05) is 17.5 Å². The maximum absolute atomic E-state index is 12.3. The van der Waals surface area contributed by atoms with Crippen molar-refractivity contribution in [3.8, 4) is 11.4 Å². The average Bonchev–Trinajstić information content (AvgIpc) is 3.22. The number of hydrogen-bond donors (Lipinski definition) is 1. The largest absolute Gasteiger partial charge is 0.321 e. The fourth-order valence-corrected chi connectivity index (χ4v) is 3.88. The Hall–Kier alpha value is -2.18. The summed E-state index contributed by atoms with van der Waals surface area (Å²) >= 11 is 7.83. The van der Waals surface area contributed by atoms with Gasteiger partial charge in [0.05, 0.1) is 9.90 Å². The van der Waals surface area contributed by atoms with Gasteiger partial charge in [0, 0.05) is 24.2 Å². The van der Waals surface area contributed by atoms with Crippen LogP contribution in [-0.4, -0.2) is 20.7 Å². The van der Waals surface area contributed by atoms with Crippen molar-refractivity contribution in [2.45, 2.75) is 32.2 Å². The predicted molar refractivity (Wildman–Crippen MR) is 100 cm³/mol. The number of carbonyl (C=O) groups excluding carboxylic acids is 1. The molecule has 0 radical (unpaired) electrons. The van der Waals surface area contributed by atoms with E-state index in [0.29, 0.717) is 15.6 Å². The van der Waals surface area contributed by atoms with Crippen LogP contribution in [-0.2, 0) is 13.0 Å². The minimum Gasteiger partial charge on any atom is -0.321 e. The molecule has 1 aliphatic rings. The topological polar surface area (TPSA) is 59.8 Å². The van der Waals surface area contributed by atoms with E-state index in [9.17, 15) is 4.79 Å². The molecule has 0 saturated carbocycles. The zero-order valence-electron chi connectivity index (χ0n) is 13.5. The Morgan fingerprint density at radius 1 is 1.20 bits per heavy atom. The number of carbonyl (C=O) groups is 1. The summed E-state index contributed by atoms with van der Waals surface area (Å²) < 4.78 is 2.15. The molecule has 0 atom stereocenters. The number of aryl methyl sites for hydroxylation is 1. The van der Waals surface area contributed by atoms with Crippen LogP contribution in [0, 0.1) is 0 Å². The third kappa shape index (κ3) is 3.32. The molecule has 3 aromatic rings. The van der Waals surface area contributed by atoms with Crippen molar-refractivity contribution in [1.29, 1.82) is 0 Å². The van der Waals surface area contributed by atoms with Crippen LogP contribution in [0.1, 0.15) is 34.8 Å². The summed E-state index contributed by atoms with van der Waals surface area (Å²) in [5.41, 5.74) is 1.50. The summed E-state index contributed by atoms with van der Waals surface area (Å²) in [6, 6.07) is 9.12. The molecule has 7 heteroatoms. The quantitative estimate of drug-likeness (QED) is 0.728. The molecule has 1 N–H and O–H groups in total. The van der Waals surface area contributed by atoms with Crippen LogP contribution in [0.3, 0.4) is 0 Å². The normalized spacial score (nSPS) is 14.0. The van der Waals surface area contributed by atoms with Gasteiger partial charge in [-0.2, -0.15) is 0 Å². The molecular formula is C18H17ClN4OS. The number of benzene rings is 1. The number of fused-ring (bicyclic) bond motifs is 1. The number of nitrogens with zero attached hydrogens (tertiary/aromatic N) is 3. The van der Waals surface area contributed by atoms with Crippen LogP contribution in [0.15, 0.2) is 35.7 Å². The highest BCUT2D eigenvalue weighted by Crippen LogP contribution is 2.31. The van der Waals surface area contributed by atoms with Crippen molar-refractivity contribution >= 4 is 34.5 Å². The second-order valence-electron chi connectivity index (χ2n) is 6.03. The second-order valence-corrected chi connectivity index (χ2v) is 7.38. The van der Waals surface area contributed by atoms with Crippen molar-refractivity contribution < 1.29 is 4.79 Å². The second kappa shape index (κ2) is 6.98. The number of thiophene rings is 1. The van der Waals surface area contributed by atoms with Crippen molar-refractivity contribution in [2.75, 3.05) is 5.32 Å². The molecule has 5 nitrogen and oxygen atoms in total. The summed E-state index contributed by atoms with van der Waals surface area (Å²) in [6.45, 7) is 0.903. The summed E-state index contributed by atoms with van der Waals surface area (Å²) in [6.07, 6.45) is 4.40. The first-order valence-electron chi connectivity index (χ1n) is 8.29. The number of aromatic nitrogens is 3. The first kappa shape index (κ1) is 16.3. The van der Waals surface area contributed by atoms with Gasteiger partial charge in [-0.05, 0) is 42.5 Å². The maximum Gasteiger partial charge on any atom is 0.265 e. The van der Waals surface area contributed by atoms with Crippen LogP contribution in [0.25, 0.3) is 11.4 Å². The first-order chi connectivity index (χ1) is 12.2. The highest BCUT2D eigenvalue weighted by atomic mass is 35.5. The van der Waals surface area contributed by atoms with Crippen molar-refractivity contribution in [2.24, 2.45) is 0 Å². The fraction of sp³-hybridized carbons (Fsp3) is 0.278. The average molecular weight is 373 g/mol. The van der Waals surface area contributed by atoms with Gasteiger partial charge >= 0.3 is 0 Å². The van der Waals surface area contributed by atoms with Gasteiger partial charge in [-0.15, -0.1) is 21.5 Å². The fourth-order valence-electron chi connectivity index (χ4n) is 3.06. The summed E-state index contributed by atoms with van der Waals surface area (Å²) in [4.78, 5) is 12.9. The van der Waals surface area contributed by atoms with Gasteiger partial charge in [-0.1, -0.05) is 24.1 Å². The number of nitrogens with one attached hydrogen (secondary N) is 1. The Balaban J connectivity index is 1.67. The molecule has 1 aliphatic heterocycles. The predicted octanol–water partition coefficient (Wildman–Crippen LogP) is 4.64. The van der Waals surface area contributed by atoms with E-state index >= 15 is 0 Å². The Morgan fingerprint density at radius 2 is 2.12 bits per heavy atom. The first-order valence-corrected chi connectivity index (χ1v) is 9.55. The van der Waals surface area contributed by atoms with E-state index in [1.165, 1.54) is 17.8 Å². The summed E-state index contributed by atoms with van der Waals surface area (Å²) in [5.74, 6) is 1.66. The summed E-state index contributed by atoms with van der Waals surface area (Å²) in [7, 11) is 0. The molecule has 2 aromatic heterocycles. The SMILES string of the molecule is O=C(Nc1ccc(Cl)c(-c2nnc3n2CCCCC3)c1)c1cccs1. The lowest BCUT2D eigenvalue weighted by Crippen LogP contribution is -2.10. The highest BCUT2D eigenvalue weighted by Gasteiger charge is 2.18. The Labute approximate surface area is 154 Å². The zero-order valence-corrected chi connectivity index (χ0v) is 15.1. The Bertz CT molecular complexity index is 904. The monoisotopic (exact) mass is 372 g/mol. The number of anilines is 1. The highest BCUT2D eigenvalue weighted by molar-refractivity contribution is 7.12. The molecule has 3 heterocycles. The number of amides is 1. The third-order valence-electron chi connectivity index (χ3n) is 4.32. The maximum atomic E-state index is 12.3. The van der Waals surface area contributed by atoms with E-state index in [2.05, 4.69) is 20.1 Å². The third-order valence-corrected chi connectivity index (χ3v) is 5.52. The minimum atomic E-state index is -0.122. The van der Waals surface area contributed by atoms with Gasteiger partial charge < -0.3 is 9.88 Å². The van der Waals surface area contributed by atoms with Crippen LogP contribution >= 0.6 is 22.9 Å². The van der Waals surface area contributed by atoms with E-state index in [4.69, 9.17) is 11.6 Å². The van der Waals surface area contributed by atoms with Gasteiger partial charge in [0.15, 0.2) is 5.82 Å². The van der Waals surface area contributed by atoms with Crippen molar-refractivity contribution in [3.63, 3.8) is 0 Å².